The zero-order valence-electron chi connectivity index (χ0n) is 4.21. The number of hydrogen-bond donors (Lipinski definition) is 0. The van der Waals surface area contributed by atoms with E-state index in [0.717, 1.165) is 0 Å². The van der Waals surface area contributed by atoms with E-state index in [9.17, 15) is 0 Å². The van der Waals surface area contributed by atoms with Gasteiger partial charge in [0.15, 0.2) is 0 Å². The molecule has 0 unspecified atom stereocenters. The van der Waals surface area contributed by atoms with Crippen LogP contribution in [-0.2, 0) is 0 Å². The van der Waals surface area contributed by atoms with Crippen molar-refractivity contribution in [2.75, 3.05) is 0 Å². The molecule has 0 aromatic rings. The normalized spacial score (nSPS) is 12.0. The monoisotopic (exact) mass is 133 g/mol. The van der Waals surface area contributed by atoms with E-state index in [0.29, 0.717) is 4.25 Å². The summed E-state index contributed by atoms with van der Waals surface area (Å²) in [6.07, 6.45) is 0. The fraction of sp³-hybridized carbons (Fsp3) is 1.00. The molecule has 0 heterocycles. The van der Waals surface area contributed by atoms with E-state index in [1.54, 1.807) is 0 Å². The summed E-state index contributed by atoms with van der Waals surface area (Å²) in [7, 11) is 0. The minimum absolute atomic E-state index is 0.625. The van der Waals surface area contributed by atoms with E-state index >= 15 is 0 Å². The van der Waals surface area contributed by atoms with Gasteiger partial charge in [0.2, 0.25) is 0 Å². The summed E-state index contributed by atoms with van der Waals surface area (Å²) in [6, 6.07) is 0. The van der Waals surface area contributed by atoms with Crippen molar-refractivity contribution in [3.8, 4) is 0 Å². The Morgan fingerprint density at radius 1 is 1.20 bits per heavy atom. The Hall–Kier alpha value is 0.543. The fourth-order valence-corrected chi connectivity index (χ4v) is 0. The van der Waals surface area contributed by atoms with Gasteiger partial charge in [0.05, 0.1) is 0 Å². The SMILES string of the molecule is C[C](C)(C)[GeH2]. The maximum absolute atomic E-state index is 2.24. The quantitative estimate of drug-likeness (QED) is 0.428. The molecule has 0 spiro atoms. The zero-order chi connectivity index (χ0) is 4.50. The van der Waals surface area contributed by atoms with Crippen molar-refractivity contribution in [3.63, 3.8) is 0 Å². The third kappa shape index (κ3) is 99.7. The van der Waals surface area contributed by atoms with E-state index in [1.807, 2.05) is 0 Å². The first-order valence-electron chi connectivity index (χ1n) is 1.85. The van der Waals surface area contributed by atoms with Crippen LogP contribution >= 0.6 is 0 Å². The molecule has 0 saturated heterocycles. The van der Waals surface area contributed by atoms with Crippen LogP contribution in [0.1, 0.15) is 20.8 Å². The van der Waals surface area contributed by atoms with Crippen LogP contribution in [0.3, 0.4) is 0 Å². The second kappa shape index (κ2) is 1.33. The second-order valence-corrected chi connectivity index (χ2v) is 7.01. The third-order valence-corrected chi connectivity index (χ3v) is 0. The first-order valence-corrected chi connectivity index (χ1v) is 3.34. The molecule has 5 heavy (non-hydrogen) atoms. The van der Waals surface area contributed by atoms with Gasteiger partial charge in [-0.25, -0.2) is 0 Å². The standard InChI is InChI=1S/C4H11Ge/c1-4(2,3)5/h5H2,1-3H3. The Balaban J connectivity index is 3.02. The van der Waals surface area contributed by atoms with Crippen molar-refractivity contribution >= 4 is 16.5 Å². The van der Waals surface area contributed by atoms with Crippen molar-refractivity contribution in [1.29, 1.82) is 0 Å². The van der Waals surface area contributed by atoms with E-state index in [2.05, 4.69) is 20.8 Å². The molecule has 0 saturated carbocycles. The van der Waals surface area contributed by atoms with Crippen LogP contribution in [0.4, 0.5) is 0 Å². The molecular formula is C4H11Ge. The van der Waals surface area contributed by atoms with Gasteiger partial charge in [-0.05, 0) is 0 Å². The van der Waals surface area contributed by atoms with E-state index < -0.39 is 0 Å². The first-order chi connectivity index (χ1) is 2.00. The van der Waals surface area contributed by atoms with Gasteiger partial charge in [0, 0.05) is 0 Å². The molecule has 0 fully saturated rings. The van der Waals surface area contributed by atoms with Crippen molar-refractivity contribution in [1.82, 2.24) is 0 Å². The molecule has 0 nitrogen and oxygen atoms in total. The molecule has 0 rings (SSSR count). The summed E-state index contributed by atoms with van der Waals surface area (Å²) in [5, 5.41) is 0. The van der Waals surface area contributed by atoms with Crippen LogP contribution in [0, 0.1) is 0 Å². The molecule has 1 radical (unpaired) electrons. The van der Waals surface area contributed by atoms with Crippen LogP contribution in [0.2, 0.25) is 4.25 Å². The molecule has 0 aliphatic heterocycles. The van der Waals surface area contributed by atoms with E-state index in [-0.39, 0.29) is 0 Å². The van der Waals surface area contributed by atoms with Crippen LogP contribution in [0.15, 0.2) is 0 Å². The Morgan fingerprint density at radius 2 is 1.20 bits per heavy atom. The molecule has 0 N–H and O–H groups in total. The molecule has 1 heteroatoms. The predicted octanol–water partition coefficient (Wildman–Crippen LogP) is 0.838. The number of rotatable bonds is 0. The molecular weight excluding hydrogens is 121 g/mol. The Kier molecular flexibility index (Phi) is 1.48. The van der Waals surface area contributed by atoms with Crippen molar-refractivity contribution in [3.05, 3.63) is 0 Å². The molecule has 0 aromatic heterocycles. The topological polar surface area (TPSA) is 0 Å². The summed E-state index contributed by atoms with van der Waals surface area (Å²) >= 11 is 1.40. The minimum atomic E-state index is 0.625. The van der Waals surface area contributed by atoms with Gasteiger partial charge in [-0.15, -0.1) is 0 Å². The van der Waals surface area contributed by atoms with Crippen LogP contribution in [0.5, 0.6) is 0 Å². The van der Waals surface area contributed by atoms with Crippen molar-refractivity contribution in [2.45, 2.75) is 25.0 Å². The average Bonchev–Trinajstić information content (AvgIpc) is 0.722. The van der Waals surface area contributed by atoms with Gasteiger partial charge in [-0.2, -0.15) is 0 Å². The number of hydrogen-bond acceptors (Lipinski definition) is 0. The van der Waals surface area contributed by atoms with Gasteiger partial charge < -0.3 is 0 Å². The Morgan fingerprint density at radius 3 is 1.20 bits per heavy atom. The molecule has 0 aromatic carbocycles. The van der Waals surface area contributed by atoms with Crippen LogP contribution < -0.4 is 0 Å². The summed E-state index contributed by atoms with van der Waals surface area (Å²) in [4.78, 5) is 0. The van der Waals surface area contributed by atoms with Crippen molar-refractivity contribution < 1.29 is 0 Å². The molecule has 0 amide bonds. The molecule has 31 valence electrons. The fourth-order valence-electron chi connectivity index (χ4n) is 0. The second-order valence-electron chi connectivity index (χ2n) is 2.56. The van der Waals surface area contributed by atoms with Gasteiger partial charge >= 0.3 is 41.5 Å². The van der Waals surface area contributed by atoms with Gasteiger partial charge in [-0.3, -0.25) is 0 Å². The summed E-state index contributed by atoms with van der Waals surface area (Å²) in [5.74, 6) is 0. The predicted molar refractivity (Wildman–Crippen MR) is 28.3 cm³/mol. The van der Waals surface area contributed by atoms with Crippen LogP contribution in [0.25, 0.3) is 0 Å². The molecule has 0 atom stereocenters. The Bertz CT molecular complexity index is 19.1. The first kappa shape index (κ1) is 5.54. The third-order valence-electron chi connectivity index (χ3n) is 0. The molecule has 0 bridgehead atoms. The molecule has 0 aliphatic carbocycles. The van der Waals surface area contributed by atoms with Gasteiger partial charge in [-0.1, -0.05) is 0 Å². The summed E-state index contributed by atoms with van der Waals surface area (Å²) in [6.45, 7) is 6.73. The Labute approximate surface area is 42.2 Å². The molecule has 0 aliphatic rings. The van der Waals surface area contributed by atoms with E-state index in [1.165, 1.54) is 16.5 Å². The van der Waals surface area contributed by atoms with E-state index in [4.69, 9.17) is 0 Å². The van der Waals surface area contributed by atoms with Crippen LogP contribution in [-0.4, -0.2) is 16.5 Å². The summed E-state index contributed by atoms with van der Waals surface area (Å²) in [5.41, 5.74) is 0. The van der Waals surface area contributed by atoms with Gasteiger partial charge in [0.1, 0.15) is 0 Å². The van der Waals surface area contributed by atoms with Gasteiger partial charge in [0.25, 0.3) is 0 Å². The van der Waals surface area contributed by atoms with Crippen molar-refractivity contribution in [2.24, 2.45) is 0 Å². The maximum atomic E-state index is 2.24. The average molecular weight is 132 g/mol. The summed E-state index contributed by atoms with van der Waals surface area (Å²) < 4.78 is 0.625. The zero-order valence-corrected chi connectivity index (χ0v) is 7.17.